The van der Waals surface area contributed by atoms with Gasteiger partial charge in [-0.2, -0.15) is 0 Å². The highest BCUT2D eigenvalue weighted by molar-refractivity contribution is 8.18. The minimum absolute atomic E-state index is 0.350. The van der Waals surface area contributed by atoms with Crippen LogP contribution in [-0.4, -0.2) is 31.5 Å². The van der Waals surface area contributed by atoms with Gasteiger partial charge in [-0.1, -0.05) is 18.2 Å². The molecule has 0 spiro atoms. The van der Waals surface area contributed by atoms with Crippen molar-refractivity contribution in [3.63, 3.8) is 0 Å². The number of nitrogens with one attached hydrogen (secondary N) is 1. The largest absolute Gasteiger partial charge is 0.493 e. The molecule has 3 rings (SSSR count). The van der Waals surface area contributed by atoms with Crippen LogP contribution in [0.25, 0.3) is 6.08 Å². The van der Waals surface area contributed by atoms with Crippen LogP contribution < -0.4 is 19.5 Å². The van der Waals surface area contributed by atoms with Crippen LogP contribution in [0.1, 0.15) is 16.7 Å². The molecule has 1 aliphatic rings. The second kappa shape index (κ2) is 8.84. The van der Waals surface area contributed by atoms with Gasteiger partial charge >= 0.3 is 0 Å². The average Bonchev–Trinajstić information content (AvgIpc) is 2.99. The zero-order valence-electron chi connectivity index (χ0n) is 15.9. The highest BCUT2D eigenvalue weighted by atomic mass is 32.2. The molecule has 0 aliphatic carbocycles. The summed E-state index contributed by atoms with van der Waals surface area (Å²) in [7, 11) is 1.55. The van der Waals surface area contributed by atoms with Crippen LogP contribution >= 0.6 is 11.8 Å². The molecule has 2 aromatic carbocycles. The lowest BCUT2D eigenvalue weighted by Gasteiger charge is -2.13. The maximum Gasteiger partial charge on any atom is 0.290 e. The summed E-state index contributed by atoms with van der Waals surface area (Å²) in [4.78, 5) is 23.3. The van der Waals surface area contributed by atoms with Crippen molar-refractivity contribution in [3.05, 3.63) is 58.0 Å². The third kappa shape index (κ3) is 4.86. The molecule has 1 heterocycles. The summed E-state index contributed by atoms with van der Waals surface area (Å²) >= 11 is 0.876. The summed E-state index contributed by atoms with van der Waals surface area (Å²) in [5.41, 5.74) is 2.96. The van der Waals surface area contributed by atoms with Crippen molar-refractivity contribution in [2.75, 3.05) is 20.3 Å². The van der Waals surface area contributed by atoms with Gasteiger partial charge in [0.2, 0.25) is 0 Å². The van der Waals surface area contributed by atoms with Crippen molar-refractivity contribution in [2.24, 2.45) is 0 Å². The Labute approximate surface area is 167 Å². The van der Waals surface area contributed by atoms with E-state index in [-0.39, 0.29) is 5.24 Å². The number of imide groups is 1. The van der Waals surface area contributed by atoms with Crippen LogP contribution in [0.15, 0.2) is 41.3 Å². The number of amides is 2. The van der Waals surface area contributed by atoms with Gasteiger partial charge in [0.1, 0.15) is 19.0 Å². The van der Waals surface area contributed by atoms with Crippen LogP contribution in [0.2, 0.25) is 0 Å². The topological polar surface area (TPSA) is 73.9 Å². The third-order valence-electron chi connectivity index (χ3n) is 4.07. The van der Waals surface area contributed by atoms with Gasteiger partial charge in [-0.15, -0.1) is 0 Å². The van der Waals surface area contributed by atoms with E-state index in [1.807, 2.05) is 32.0 Å². The van der Waals surface area contributed by atoms with Crippen molar-refractivity contribution >= 4 is 29.0 Å². The van der Waals surface area contributed by atoms with Crippen molar-refractivity contribution in [3.8, 4) is 17.2 Å². The Morgan fingerprint density at radius 2 is 1.71 bits per heavy atom. The molecular formula is C21H21NO5S. The molecule has 0 unspecified atom stereocenters. The molecule has 2 aromatic rings. The SMILES string of the molecule is COc1cc(C=C2SC(=O)NC2=O)ccc1OCCOc1cc(C)ccc1C. The fourth-order valence-electron chi connectivity index (χ4n) is 2.63. The number of methoxy groups -OCH3 is 1. The zero-order valence-corrected chi connectivity index (χ0v) is 16.7. The van der Waals surface area contributed by atoms with Gasteiger partial charge in [-0.3, -0.25) is 14.9 Å². The summed E-state index contributed by atoms with van der Waals surface area (Å²) < 4.78 is 16.9. The molecular weight excluding hydrogens is 378 g/mol. The summed E-state index contributed by atoms with van der Waals surface area (Å²) in [6.45, 7) is 4.78. The van der Waals surface area contributed by atoms with E-state index in [2.05, 4.69) is 5.32 Å². The Morgan fingerprint density at radius 3 is 2.39 bits per heavy atom. The smallest absolute Gasteiger partial charge is 0.290 e. The first-order valence-electron chi connectivity index (χ1n) is 8.72. The minimum Gasteiger partial charge on any atom is -0.493 e. The van der Waals surface area contributed by atoms with Crippen LogP contribution in [0.3, 0.4) is 0 Å². The van der Waals surface area contributed by atoms with Crippen molar-refractivity contribution in [1.29, 1.82) is 0 Å². The van der Waals surface area contributed by atoms with Crippen LogP contribution in [0.4, 0.5) is 4.79 Å². The van der Waals surface area contributed by atoms with E-state index < -0.39 is 5.91 Å². The molecule has 1 saturated heterocycles. The molecule has 0 bridgehead atoms. The van der Waals surface area contributed by atoms with Gasteiger partial charge < -0.3 is 14.2 Å². The van der Waals surface area contributed by atoms with Crippen molar-refractivity contribution < 1.29 is 23.8 Å². The van der Waals surface area contributed by atoms with E-state index in [0.29, 0.717) is 29.6 Å². The predicted octanol–water partition coefficient (Wildman–Crippen LogP) is 4.09. The molecule has 0 saturated carbocycles. The highest BCUT2D eigenvalue weighted by Gasteiger charge is 2.25. The van der Waals surface area contributed by atoms with Crippen LogP contribution in [-0.2, 0) is 4.79 Å². The first-order chi connectivity index (χ1) is 13.5. The Hall–Kier alpha value is -2.93. The molecule has 146 valence electrons. The van der Waals surface area contributed by atoms with E-state index in [9.17, 15) is 9.59 Å². The lowest BCUT2D eigenvalue weighted by molar-refractivity contribution is -0.115. The number of carbonyl (C=O) groups excluding carboxylic acids is 2. The molecule has 2 amide bonds. The van der Waals surface area contributed by atoms with Crippen LogP contribution in [0.5, 0.6) is 17.2 Å². The van der Waals surface area contributed by atoms with Crippen LogP contribution in [0, 0.1) is 13.8 Å². The van der Waals surface area contributed by atoms with Gasteiger partial charge in [0.15, 0.2) is 11.5 Å². The van der Waals surface area contributed by atoms with E-state index in [1.54, 1.807) is 31.4 Å². The average molecular weight is 399 g/mol. The number of aryl methyl sites for hydroxylation is 2. The number of benzene rings is 2. The number of thioether (sulfide) groups is 1. The molecule has 0 atom stereocenters. The Kier molecular flexibility index (Phi) is 6.26. The molecule has 1 N–H and O–H groups in total. The van der Waals surface area contributed by atoms with Gasteiger partial charge in [0, 0.05) is 0 Å². The van der Waals surface area contributed by atoms with E-state index in [0.717, 1.165) is 34.2 Å². The summed E-state index contributed by atoms with van der Waals surface area (Å²) in [6.07, 6.45) is 1.64. The summed E-state index contributed by atoms with van der Waals surface area (Å²) in [5, 5.41) is 1.86. The maximum absolute atomic E-state index is 11.7. The van der Waals surface area contributed by atoms with Gasteiger partial charge in [-0.25, -0.2) is 0 Å². The summed E-state index contributed by atoms with van der Waals surface area (Å²) in [6, 6.07) is 11.4. The van der Waals surface area contributed by atoms with E-state index >= 15 is 0 Å². The quantitative estimate of drug-likeness (QED) is 0.558. The molecule has 0 radical (unpaired) electrons. The molecule has 28 heavy (non-hydrogen) atoms. The molecule has 6 nitrogen and oxygen atoms in total. The lowest BCUT2D eigenvalue weighted by atomic mass is 10.1. The van der Waals surface area contributed by atoms with Crippen molar-refractivity contribution in [1.82, 2.24) is 5.32 Å². The normalized spacial score (nSPS) is 14.9. The monoisotopic (exact) mass is 399 g/mol. The fourth-order valence-corrected chi connectivity index (χ4v) is 3.31. The highest BCUT2D eigenvalue weighted by Crippen LogP contribution is 2.31. The Bertz CT molecular complexity index is 938. The number of rotatable bonds is 7. The summed E-state index contributed by atoms with van der Waals surface area (Å²) in [5.74, 6) is 1.57. The molecule has 1 fully saturated rings. The number of carbonyl (C=O) groups is 2. The van der Waals surface area contributed by atoms with Gasteiger partial charge in [0.25, 0.3) is 11.1 Å². The van der Waals surface area contributed by atoms with Gasteiger partial charge in [-0.05, 0) is 66.6 Å². The number of hydrogen-bond donors (Lipinski definition) is 1. The zero-order chi connectivity index (χ0) is 20.1. The van der Waals surface area contributed by atoms with Crippen molar-refractivity contribution in [2.45, 2.75) is 13.8 Å². The fraction of sp³-hybridized carbons (Fsp3) is 0.238. The standard InChI is InChI=1S/C21H21NO5S/c1-13-4-5-14(2)17(10-13)27-9-8-26-16-7-6-15(11-18(16)25-3)12-19-20(23)22-21(24)28-19/h4-7,10-12H,8-9H2,1-3H3,(H,22,23,24). The Balaban J connectivity index is 1.61. The van der Waals surface area contributed by atoms with E-state index in [1.165, 1.54) is 0 Å². The predicted molar refractivity (Wildman–Crippen MR) is 109 cm³/mol. The molecule has 1 aliphatic heterocycles. The first-order valence-corrected chi connectivity index (χ1v) is 9.53. The number of ether oxygens (including phenoxy) is 3. The minimum atomic E-state index is -0.391. The first kappa shape index (κ1) is 19.8. The van der Waals surface area contributed by atoms with E-state index in [4.69, 9.17) is 14.2 Å². The maximum atomic E-state index is 11.7. The molecule has 0 aromatic heterocycles. The van der Waals surface area contributed by atoms with Gasteiger partial charge in [0.05, 0.1) is 12.0 Å². The second-order valence-corrected chi connectivity index (χ2v) is 7.24. The third-order valence-corrected chi connectivity index (χ3v) is 4.88. The second-order valence-electron chi connectivity index (χ2n) is 6.23. The Morgan fingerprint density at radius 1 is 0.964 bits per heavy atom. The molecule has 7 heteroatoms. The number of hydrogen-bond acceptors (Lipinski definition) is 6. The lowest BCUT2D eigenvalue weighted by Crippen LogP contribution is -2.17.